The molecular weight excluding hydrogens is 234 g/mol. The average Bonchev–Trinajstić information content (AvgIpc) is 2.94. The fraction of sp³-hybridized carbons (Fsp3) is 0.417. The maximum atomic E-state index is 5.73. The Labute approximate surface area is 104 Å². The number of nitrogen functional groups attached to an aromatic ring is 1. The first-order valence-corrected chi connectivity index (χ1v) is 6.79. The van der Waals surface area contributed by atoms with Crippen LogP contribution in [-0.4, -0.2) is 28.4 Å². The lowest BCUT2D eigenvalue weighted by atomic mass is 10.3. The second-order valence-electron chi connectivity index (χ2n) is 4.26. The minimum atomic E-state index is 0.387. The largest absolute Gasteiger partial charge is 0.399 e. The summed E-state index contributed by atoms with van der Waals surface area (Å²) in [5, 5.41) is 0.945. The Kier molecular flexibility index (Phi) is 2.94. The minimum Gasteiger partial charge on any atom is -0.399 e. The van der Waals surface area contributed by atoms with Gasteiger partial charge in [-0.3, -0.25) is 0 Å². The lowest BCUT2D eigenvalue weighted by Gasteiger charge is -2.05. The van der Waals surface area contributed by atoms with Crippen LogP contribution in [0.5, 0.6) is 0 Å². The van der Waals surface area contributed by atoms with E-state index < -0.39 is 0 Å². The molecule has 0 radical (unpaired) electrons. The highest BCUT2D eigenvalue weighted by molar-refractivity contribution is 7.99. The van der Waals surface area contributed by atoms with Gasteiger partial charge < -0.3 is 15.5 Å². The van der Waals surface area contributed by atoms with Crippen molar-refractivity contribution < 1.29 is 4.74 Å². The molecule has 1 atom stereocenters. The zero-order valence-corrected chi connectivity index (χ0v) is 10.3. The number of hydrogen-bond donors (Lipinski definition) is 2. The molecule has 0 saturated carbocycles. The summed E-state index contributed by atoms with van der Waals surface area (Å²) in [7, 11) is 0. The van der Waals surface area contributed by atoms with E-state index in [0.717, 1.165) is 34.2 Å². The van der Waals surface area contributed by atoms with Gasteiger partial charge in [0.2, 0.25) is 0 Å². The Morgan fingerprint density at radius 1 is 1.53 bits per heavy atom. The highest BCUT2D eigenvalue weighted by Gasteiger charge is 2.16. The van der Waals surface area contributed by atoms with Crippen LogP contribution in [0.2, 0.25) is 0 Å². The van der Waals surface area contributed by atoms with Gasteiger partial charge in [-0.1, -0.05) is 11.8 Å². The van der Waals surface area contributed by atoms with E-state index in [-0.39, 0.29) is 0 Å². The SMILES string of the molecule is Nc1ccc2nc(SCC3CCCO3)[nH]c2c1. The maximum absolute atomic E-state index is 5.73. The van der Waals surface area contributed by atoms with E-state index in [9.17, 15) is 0 Å². The molecule has 90 valence electrons. The van der Waals surface area contributed by atoms with Crippen molar-refractivity contribution in [1.29, 1.82) is 0 Å². The number of H-pyrrole nitrogens is 1. The van der Waals surface area contributed by atoms with Gasteiger partial charge in [-0.2, -0.15) is 0 Å². The Bertz CT molecular complexity index is 519. The van der Waals surface area contributed by atoms with Crippen molar-refractivity contribution in [3.05, 3.63) is 18.2 Å². The molecular formula is C12H15N3OS. The molecule has 1 saturated heterocycles. The molecule has 0 bridgehead atoms. The fourth-order valence-corrected chi connectivity index (χ4v) is 2.97. The lowest BCUT2D eigenvalue weighted by molar-refractivity contribution is 0.129. The number of rotatable bonds is 3. The fourth-order valence-electron chi connectivity index (χ4n) is 2.02. The predicted octanol–water partition coefficient (Wildman–Crippen LogP) is 2.42. The van der Waals surface area contributed by atoms with Gasteiger partial charge in [0, 0.05) is 18.0 Å². The molecule has 1 aliphatic rings. The molecule has 1 fully saturated rings. The van der Waals surface area contributed by atoms with Crippen molar-refractivity contribution in [3.63, 3.8) is 0 Å². The van der Waals surface area contributed by atoms with Crippen LogP contribution >= 0.6 is 11.8 Å². The van der Waals surface area contributed by atoms with E-state index in [4.69, 9.17) is 10.5 Å². The summed E-state index contributed by atoms with van der Waals surface area (Å²) in [6.07, 6.45) is 2.74. The zero-order chi connectivity index (χ0) is 11.7. The molecule has 4 nitrogen and oxygen atoms in total. The highest BCUT2D eigenvalue weighted by Crippen LogP contribution is 2.24. The van der Waals surface area contributed by atoms with Crippen molar-refractivity contribution in [3.8, 4) is 0 Å². The second kappa shape index (κ2) is 4.58. The van der Waals surface area contributed by atoms with Crippen molar-refractivity contribution >= 4 is 28.5 Å². The molecule has 2 aromatic rings. The number of thioether (sulfide) groups is 1. The van der Waals surface area contributed by atoms with Crippen molar-refractivity contribution in [2.75, 3.05) is 18.1 Å². The van der Waals surface area contributed by atoms with E-state index in [2.05, 4.69) is 9.97 Å². The summed E-state index contributed by atoms with van der Waals surface area (Å²) < 4.78 is 5.59. The molecule has 0 amide bonds. The van der Waals surface area contributed by atoms with Crippen LogP contribution in [0.25, 0.3) is 11.0 Å². The number of anilines is 1. The number of hydrogen-bond acceptors (Lipinski definition) is 4. The van der Waals surface area contributed by atoms with Crippen LogP contribution in [0.3, 0.4) is 0 Å². The topological polar surface area (TPSA) is 63.9 Å². The third-order valence-electron chi connectivity index (χ3n) is 2.91. The Morgan fingerprint density at radius 3 is 3.29 bits per heavy atom. The molecule has 2 heterocycles. The van der Waals surface area contributed by atoms with Crippen LogP contribution in [0.1, 0.15) is 12.8 Å². The van der Waals surface area contributed by atoms with Gasteiger partial charge in [0.1, 0.15) is 0 Å². The molecule has 1 unspecified atom stereocenters. The van der Waals surface area contributed by atoms with Crippen LogP contribution in [0.4, 0.5) is 5.69 Å². The van der Waals surface area contributed by atoms with Gasteiger partial charge >= 0.3 is 0 Å². The summed E-state index contributed by atoms with van der Waals surface area (Å²) in [6, 6.07) is 5.73. The molecule has 1 aromatic carbocycles. The zero-order valence-electron chi connectivity index (χ0n) is 9.48. The number of aromatic amines is 1. The molecule has 0 spiro atoms. The summed E-state index contributed by atoms with van der Waals surface area (Å²) >= 11 is 1.72. The van der Waals surface area contributed by atoms with Gasteiger partial charge in [0.25, 0.3) is 0 Å². The third kappa shape index (κ3) is 2.40. The lowest BCUT2D eigenvalue weighted by Crippen LogP contribution is -2.07. The van der Waals surface area contributed by atoms with Crippen molar-refractivity contribution in [2.24, 2.45) is 0 Å². The maximum Gasteiger partial charge on any atom is 0.166 e. The van der Waals surface area contributed by atoms with E-state index in [0.29, 0.717) is 6.10 Å². The van der Waals surface area contributed by atoms with Crippen LogP contribution in [-0.2, 0) is 4.74 Å². The van der Waals surface area contributed by atoms with E-state index >= 15 is 0 Å². The number of nitrogens with two attached hydrogens (primary N) is 1. The summed E-state index contributed by atoms with van der Waals surface area (Å²) in [5.41, 5.74) is 8.46. The molecule has 5 heteroatoms. The molecule has 0 aliphatic carbocycles. The number of nitrogens with zero attached hydrogens (tertiary/aromatic N) is 1. The van der Waals surface area contributed by atoms with Gasteiger partial charge in [0.15, 0.2) is 5.16 Å². The number of aromatic nitrogens is 2. The molecule has 3 rings (SSSR count). The predicted molar refractivity (Wildman–Crippen MR) is 70.2 cm³/mol. The van der Waals surface area contributed by atoms with Crippen molar-refractivity contribution in [2.45, 2.75) is 24.1 Å². The molecule has 17 heavy (non-hydrogen) atoms. The number of benzene rings is 1. The van der Waals surface area contributed by atoms with Gasteiger partial charge in [-0.15, -0.1) is 0 Å². The number of nitrogens with one attached hydrogen (secondary N) is 1. The Hall–Kier alpha value is -1.20. The van der Waals surface area contributed by atoms with Crippen LogP contribution in [0.15, 0.2) is 23.4 Å². The first-order valence-electron chi connectivity index (χ1n) is 5.81. The minimum absolute atomic E-state index is 0.387. The first-order chi connectivity index (χ1) is 8.31. The Morgan fingerprint density at radius 2 is 2.47 bits per heavy atom. The number of imidazole rings is 1. The van der Waals surface area contributed by atoms with E-state index in [1.807, 2.05) is 18.2 Å². The molecule has 1 aliphatic heterocycles. The Balaban J connectivity index is 1.72. The summed E-state index contributed by atoms with van der Waals surface area (Å²) in [6.45, 7) is 0.905. The first kappa shape index (κ1) is 10.9. The average molecular weight is 249 g/mol. The standard InChI is InChI=1S/C12H15N3OS/c13-8-3-4-10-11(6-8)15-12(14-10)17-7-9-2-1-5-16-9/h3-4,6,9H,1-2,5,7,13H2,(H,14,15). The third-order valence-corrected chi connectivity index (χ3v) is 3.92. The quantitative estimate of drug-likeness (QED) is 0.647. The van der Waals surface area contributed by atoms with Crippen LogP contribution < -0.4 is 5.73 Å². The summed E-state index contributed by atoms with van der Waals surface area (Å²) in [5.74, 6) is 0.968. The monoisotopic (exact) mass is 249 g/mol. The second-order valence-corrected chi connectivity index (χ2v) is 5.27. The van der Waals surface area contributed by atoms with Gasteiger partial charge in [-0.25, -0.2) is 4.98 Å². The smallest absolute Gasteiger partial charge is 0.166 e. The normalized spacial score (nSPS) is 20.1. The molecule has 1 aromatic heterocycles. The van der Waals surface area contributed by atoms with Gasteiger partial charge in [0.05, 0.1) is 17.1 Å². The molecule has 3 N–H and O–H groups in total. The number of ether oxygens (including phenoxy) is 1. The van der Waals surface area contributed by atoms with Gasteiger partial charge in [-0.05, 0) is 31.0 Å². The van der Waals surface area contributed by atoms with Crippen LogP contribution in [0, 0.1) is 0 Å². The van der Waals surface area contributed by atoms with Crippen molar-refractivity contribution in [1.82, 2.24) is 9.97 Å². The summed E-state index contributed by atoms with van der Waals surface area (Å²) in [4.78, 5) is 7.79. The van der Waals surface area contributed by atoms with E-state index in [1.165, 1.54) is 12.8 Å². The number of fused-ring (bicyclic) bond motifs is 1. The van der Waals surface area contributed by atoms with E-state index in [1.54, 1.807) is 11.8 Å². The highest BCUT2D eigenvalue weighted by atomic mass is 32.2.